The fourth-order valence-corrected chi connectivity index (χ4v) is 5.80. The molecule has 0 bridgehead atoms. The largest absolute Gasteiger partial charge is 0.510 e. The number of ketones is 2. The summed E-state index contributed by atoms with van der Waals surface area (Å²) in [4.78, 5) is 54.3. The number of Topliss-reactive ketones (excluding diaryl/α,β-unsaturated/α-hetero) is 2. The maximum atomic E-state index is 13.6. The van der Waals surface area contributed by atoms with Gasteiger partial charge in [-0.3, -0.25) is 24.1 Å². The lowest BCUT2D eigenvalue weighted by Gasteiger charge is -2.50. The first kappa shape index (κ1) is 32.1. The lowest BCUT2D eigenvalue weighted by molar-refractivity contribution is -0.148. The van der Waals surface area contributed by atoms with Crippen LogP contribution in [0.3, 0.4) is 0 Å². The molecule has 0 fully saturated rings. The summed E-state index contributed by atoms with van der Waals surface area (Å²) in [6.07, 6.45) is 0.182. The lowest BCUT2D eigenvalue weighted by atomic mass is 9.58. The average Bonchev–Trinajstić information content (AvgIpc) is 2.77. The fraction of sp³-hybridized carbons (Fsp3) is 0.440. The van der Waals surface area contributed by atoms with Gasteiger partial charge in [-0.25, -0.2) is 0 Å². The highest BCUT2D eigenvalue weighted by Crippen LogP contribution is 2.52. The van der Waals surface area contributed by atoms with Gasteiger partial charge in [0, 0.05) is 11.5 Å². The number of benzene rings is 1. The number of likely N-dealkylation sites (N-methyl/N-ethyl adjacent to an activating group) is 2. The van der Waals surface area contributed by atoms with Gasteiger partial charge in [-0.2, -0.15) is 0 Å². The van der Waals surface area contributed by atoms with E-state index in [1.807, 2.05) is 0 Å². The van der Waals surface area contributed by atoms with Gasteiger partial charge in [0.25, 0.3) is 5.91 Å². The van der Waals surface area contributed by atoms with Crippen LogP contribution in [0, 0.1) is 11.8 Å². The smallest absolute Gasteiger partial charge is 0.255 e. The maximum absolute atomic E-state index is 13.6. The van der Waals surface area contributed by atoms with Crippen LogP contribution in [-0.4, -0.2) is 100.0 Å². The first-order chi connectivity index (χ1) is 17.2. The Morgan fingerprint density at radius 3 is 2.26 bits per heavy atom. The third-order valence-corrected chi connectivity index (χ3v) is 7.33. The van der Waals surface area contributed by atoms with E-state index in [4.69, 9.17) is 5.73 Å². The Balaban J connectivity index is 0.00000267. The van der Waals surface area contributed by atoms with Crippen LogP contribution in [0.2, 0.25) is 0 Å². The summed E-state index contributed by atoms with van der Waals surface area (Å²) in [5, 5.41) is 47.1. The van der Waals surface area contributed by atoms with Gasteiger partial charge in [-0.15, -0.1) is 24.8 Å². The molecule has 2 amide bonds. The zero-order chi connectivity index (χ0) is 27.6. The molecular formula is C25H32Cl2N4O8. The summed E-state index contributed by atoms with van der Waals surface area (Å²) >= 11 is 0. The number of hydrogen-bond donors (Lipinski definition) is 6. The molecule has 0 saturated heterocycles. The Bertz CT molecular complexity index is 1310. The van der Waals surface area contributed by atoms with E-state index in [1.165, 1.54) is 11.0 Å². The minimum Gasteiger partial charge on any atom is -0.510 e. The standard InChI is InChI=1S/C25H30N4O8.2ClH/c1-28(2)9-14(30)27-13-6-5-10-7-11-8-12-18(29(3)4)21(33)17(24(26)36)23(35)25(12,37)22(34)16(11)20(32)15(10)19(13)31;;/h5-6,11-12,18,31,33-34,37H,7-9H2,1-4H3,(H2,26,36)(H,27,30);2*1H/t11?,12?,18-,25?;;/m0../s1. The quantitative estimate of drug-likeness (QED) is 0.208. The number of amides is 2. The number of aliphatic hydroxyl groups is 3. The van der Waals surface area contributed by atoms with Crippen molar-refractivity contribution in [2.24, 2.45) is 17.6 Å². The van der Waals surface area contributed by atoms with Gasteiger partial charge in [-0.05, 0) is 58.6 Å². The van der Waals surface area contributed by atoms with Crippen molar-refractivity contribution in [3.05, 3.63) is 45.9 Å². The Kier molecular flexibility index (Phi) is 9.16. The molecule has 0 spiro atoms. The van der Waals surface area contributed by atoms with Crippen LogP contribution in [0.25, 0.3) is 0 Å². The fourth-order valence-electron chi connectivity index (χ4n) is 5.80. The van der Waals surface area contributed by atoms with Gasteiger partial charge in [0.2, 0.25) is 11.7 Å². The number of phenolic OH excluding ortho intramolecular Hbond substituents is 1. The van der Waals surface area contributed by atoms with Crippen LogP contribution in [0.1, 0.15) is 22.3 Å². The van der Waals surface area contributed by atoms with Crippen LogP contribution < -0.4 is 11.1 Å². The van der Waals surface area contributed by atoms with Crippen molar-refractivity contribution in [2.75, 3.05) is 40.1 Å². The van der Waals surface area contributed by atoms with Gasteiger partial charge in [0.15, 0.2) is 17.1 Å². The molecule has 0 aromatic heterocycles. The molecule has 4 rings (SSSR count). The number of carbonyl (C=O) groups excluding carboxylic acids is 4. The van der Waals surface area contributed by atoms with Crippen LogP contribution in [0.4, 0.5) is 5.69 Å². The van der Waals surface area contributed by atoms with Crippen LogP contribution in [-0.2, 0) is 20.8 Å². The third kappa shape index (κ3) is 4.87. The Hall–Kier alpha value is -3.16. The number of halogens is 2. The van der Waals surface area contributed by atoms with Crippen molar-refractivity contribution >= 4 is 53.9 Å². The molecule has 3 aliphatic carbocycles. The molecule has 12 nitrogen and oxygen atoms in total. The number of aliphatic hydroxyl groups excluding tert-OH is 2. The molecule has 214 valence electrons. The molecule has 7 N–H and O–H groups in total. The summed E-state index contributed by atoms with van der Waals surface area (Å²) in [6.45, 7) is 0.0324. The predicted octanol–water partition coefficient (Wildman–Crippen LogP) is 0.464. The van der Waals surface area contributed by atoms with Crippen LogP contribution in [0.5, 0.6) is 5.75 Å². The van der Waals surface area contributed by atoms with E-state index in [2.05, 4.69) is 5.32 Å². The summed E-state index contributed by atoms with van der Waals surface area (Å²) in [5.74, 6) is -7.61. The molecular weight excluding hydrogens is 555 g/mol. The van der Waals surface area contributed by atoms with Gasteiger partial charge >= 0.3 is 0 Å². The molecule has 0 radical (unpaired) electrons. The third-order valence-electron chi connectivity index (χ3n) is 7.33. The molecule has 39 heavy (non-hydrogen) atoms. The number of rotatable bonds is 5. The minimum atomic E-state index is -2.70. The lowest BCUT2D eigenvalue weighted by Crippen LogP contribution is -2.63. The number of anilines is 1. The van der Waals surface area contributed by atoms with Gasteiger partial charge in [0.1, 0.15) is 17.1 Å². The number of phenols is 1. The maximum Gasteiger partial charge on any atom is 0.255 e. The van der Waals surface area contributed by atoms with E-state index in [0.29, 0.717) is 5.56 Å². The van der Waals surface area contributed by atoms with E-state index in [9.17, 15) is 39.6 Å². The molecule has 0 saturated carbocycles. The van der Waals surface area contributed by atoms with Crippen LogP contribution in [0.15, 0.2) is 34.8 Å². The summed E-state index contributed by atoms with van der Waals surface area (Å²) in [5.41, 5.74) is 1.80. The van der Waals surface area contributed by atoms with E-state index in [0.717, 1.165) is 0 Å². The molecule has 4 atom stereocenters. The second kappa shape index (κ2) is 11.1. The number of allylic oxidation sites excluding steroid dienone is 1. The first-order valence-electron chi connectivity index (χ1n) is 11.7. The second-order valence-corrected chi connectivity index (χ2v) is 10.2. The highest BCUT2D eigenvalue weighted by atomic mass is 35.5. The van der Waals surface area contributed by atoms with Crippen molar-refractivity contribution < 1.29 is 39.6 Å². The Morgan fingerprint density at radius 1 is 1.10 bits per heavy atom. The summed E-state index contributed by atoms with van der Waals surface area (Å²) in [6, 6.07) is 2.02. The molecule has 1 aromatic carbocycles. The summed E-state index contributed by atoms with van der Waals surface area (Å²) < 4.78 is 0. The zero-order valence-corrected chi connectivity index (χ0v) is 23.4. The summed E-state index contributed by atoms with van der Waals surface area (Å²) in [7, 11) is 6.52. The predicted molar refractivity (Wildman–Crippen MR) is 145 cm³/mol. The number of nitrogens with zero attached hydrogens (tertiary/aromatic N) is 2. The first-order valence-corrected chi connectivity index (χ1v) is 11.7. The van der Waals surface area contributed by atoms with Crippen molar-refractivity contribution in [1.82, 2.24) is 9.80 Å². The number of hydrogen-bond acceptors (Lipinski definition) is 10. The Labute approximate surface area is 237 Å². The SMILES string of the molecule is CN(C)CC(=O)Nc1ccc2c(c1O)C(=O)C1=C(O)C3(O)C(=O)C(C(N)=O)=C(O)[C@@H](N(C)C)C3CC1C2.Cl.Cl. The molecule has 0 aliphatic heterocycles. The zero-order valence-electron chi connectivity index (χ0n) is 21.7. The van der Waals surface area contributed by atoms with Gasteiger partial charge < -0.3 is 36.4 Å². The van der Waals surface area contributed by atoms with Crippen LogP contribution >= 0.6 is 24.8 Å². The van der Waals surface area contributed by atoms with Crippen molar-refractivity contribution in [1.29, 1.82) is 0 Å². The number of fused-ring (bicyclic) bond motifs is 3. The Morgan fingerprint density at radius 2 is 1.72 bits per heavy atom. The molecule has 0 heterocycles. The topological polar surface area (TPSA) is 194 Å². The molecule has 1 aromatic rings. The minimum absolute atomic E-state index is 0. The number of nitrogens with one attached hydrogen (secondary N) is 1. The molecule has 14 heteroatoms. The number of nitrogens with two attached hydrogens (primary N) is 1. The van der Waals surface area contributed by atoms with Crippen molar-refractivity contribution in [2.45, 2.75) is 24.5 Å². The van der Waals surface area contributed by atoms with E-state index in [-0.39, 0.29) is 61.0 Å². The van der Waals surface area contributed by atoms with Gasteiger partial charge in [-0.1, -0.05) is 6.07 Å². The number of carbonyl (C=O) groups is 4. The van der Waals surface area contributed by atoms with Crippen molar-refractivity contribution in [3.8, 4) is 5.75 Å². The average molecular weight is 587 g/mol. The second-order valence-electron chi connectivity index (χ2n) is 10.2. The molecule has 3 unspecified atom stereocenters. The molecule has 3 aliphatic rings. The van der Waals surface area contributed by atoms with E-state index in [1.54, 1.807) is 39.2 Å². The highest BCUT2D eigenvalue weighted by Gasteiger charge is 2.63. The number of primary amides is 1. The van der Waals surface area contributed by atoms with E-state index < -0.39 is 69.7 Å². The normalized spacial score (nSPS) is 25.9. The van der Waals surface area contributed by atoms with Crippen molar-refractivity contribution in [3.63, 3.8) is 0 Å². The highest BCUT2D eigenvalue weighted by molar-refractivity contribution is 6.25. The monoisotopic (exact) mass is 586 g/mol. The van der Waals surface area contributed by atoms with Gasteiger partial charge in [0.05, 0.1) is 23.8 Å². The number of aromatic hydroxyl groups is 1. The van der Waals surface area contributed by atoms with E-state index >= 15 is 0 Å².